The number of thioether (sulfide) groups is 1. The fourth-order valence-corrected chi connectivity index (χ4v) is 5.63. The first kappa shape index (κ1) is 23.0. The molecule has 1 atom stereocenters. The van der Waals surface area contributed by atoms with Crippen LogP contribution in [0.3, 0.4) is 0 Å². The fourth-order valence-electron chi connectivity index (χ4n) is 3.19. The van der Waals surface area contributed by atoms with E-state index in [9.17, 15) is 13.2 Å². The van der Waals surface area contributed by atoms with E-state index in [1.165, 1.54) is 34.4 Å². The van der Waals surface area contributed by atoms with Crippen molar-refractivity contribution in [2.75, 3.05) is 24.2 Å². The number of amides is 1. The van der Waals surface area contributed by atoms with Gasteiger partial charge >= 0.3 is 0 Å². The van der Waals surface area contributed by atoms with Gasteiger partial charge in [-0.25, -0.2) is 18.4 Å². The Morgan fingerprint density at radius 3 is 2.73 bits per heavy atom. The minimum Gasteiger partial charge on any atom is -0.321 e. The lowest BCUT2D eigenvalue weighted by molar-refractivity contribution is 0.102. The molecule has 0 spiro atoms. The lowest BCUT2D eigenvalue weighted by Crippen LogP contribution is -2.39. The molecule has 0 aliphatic carbocycles. The number of carbonyl (C=O) groups excluding carboxylic acids is 1. The van der Waals surface area contributed by atoms with Crippen LogP contribution in [0.5, 0.6) is 0 Å². The largest absolute Gasteiger partial charge is 0.321 e. The second-order valence-corrected chi connectivity index (χ2v) is 10.7. The molecule has 0 saturated carbocycles. The van der Waals surface area contributed by atoms with Gasteiger partial charge in [-0.2, -0.15) is 4.31 Å². The molecule has 1 aliphatic heterocycles. The normalized spacial score (nSPS) is 17.6. The molecule has 2 aromatic rings. The highest BCUT2D eigenvalue weighted by molar-refractivity contribution is 7.99. The van der Waals surface area contributed by atoms with Crippen molar-refractivity contribution in [1.82, 2.24) is 14.3 Å². The summed E-state index contributed by atoms with van der Waals surface area (Å²) in [7, 11) is -3.54. The zero-order chi connectivity index (χ0) is 21.7. The van der Waals surface area contributed by atoms with Crippen LogP contribution in [-0.4, -0.2) is 47.4 Å². The van der Waals surface area contributed by atoms with Gasteiger partial charge in [0.05, 0.1) is 16.1 Å². The number of nitrogens with zero attached hydrogens (tertiary/aromatic N) is 3. The van der Waals surface area contributed by atoms with Crippen LogP contribution in [0.4, 0.5) is 5.69 Å². The molecule has 3 rings (SSSR count). The third kappa shape index (κ3) is 5.51. The van der Waals surface area contributed by atoms with E-state index in [0.717, 1.165) is 25.0 Å². The number of piperidine rings is 1. The maximum absolute atomic E-state index is 12.9. The van der Waals surface area contributed by atoms with Crippen molar-refractivity contribution in [3.05, 3.63) is 41.2 Å². The highest BCUT2D eigenvalue weighted by atomic mass is 35.5. The summed E-state index contributed by atoms with van der Waals surface area (Å²) in [6, 6.07) is 6.16. The van der Waals surface area contributed by atoms with E-state index in [2.05, 4.69) is 22.2 Å². The maximum atomic E-state index is 12.9. The number of hydrogen-bond donors (Lipinski definition) is 1. The Hall–Kier alpha value is -1.68. The topological polar surface area (TPSA) is 92.3 Å². The second kappa shape index (κ2) is 10.1. The summed E-state index contributed by atoms with van der Waals surface area (Å²) in [6.45, 7) is 5.18. The molecule has 1 fully saturated rings. The molecule has 2 heterocycles. The van der Waals surface area contributed by atoms with Crippen LogP contribution in [0.15, 0.2) is 40.5 Å². The highest BCUT2D eigenvalue weighted by Gasteiger charge is 2.28. The Morgan fingerprint density at radius 1 is 1.33 bits per heavy atom. The van der Waals surface area contributed by atoms with Gasteiger partial charge in [0.2, 0.25) is 10.0 Å². The Labute approximate surface area is 186 Å². The van der Waals surface area contributed by atoms with E-state index in [4.69, 9.17) is 11.6 Å². The van der Waals surface area contributed by atoms with Crippen molar-refractivity contribution in [1.29, 1.82) is 0 Å². The van der Waals surface area contributed by atoms with Gasteiger partial charge in [0.15, 0.2) is 10.9 Å². The van der Waals surface area contributed by atoms with Crippen LogP contribution < -0.4 is 5.32 Å². The Balaban J connectivity index is 1.72. The maximum Gasteiger partial charge on any atom is 0.275 e. The molecule has 0 bridgehead atoms. The van der Waals surface area contributed by atoms with Crippen LogP contribution in [-0.2, 0) is 10.0 Å². The summed E-state index contributed by atoms with van der Waals surface area (Å²) in [6.07, 6.45) is 4.29. The fraction of sp³-hybridized carbons (Fsp3) is 0.450. The monoisotopic (exact) mass is 468 g/mol. The minimum atomic E-state index is -3.54. The predicted molar refractivity (Wildman–Crippen MR) is 120 cm³/mol. The first-order valence-electron chi connectivity index (χ1n) is 9.88. The summed E-state index contributed by atoms with van der Waals surface area (Å²) in [5.74, 6) is 0.723. The molecular weight excluding hydrogens is 444 g/mol. The number of anilines is 1. The number of hydrogen-bond acceptors (Lipinski definition) is 6. The summed E-state index contributed by atoms with van der Waals surface area (Å²) < 4.78 is 27.2. The molecule has 1 unspecified atom stereocenters. The van der Waals surface area contributed by atoms with Crippen LogP contribution in [0.1, 0.15) is 43.6 Å². The first-order valence-corrected chi connectivity index (χ1v) is 12.7. The van der Waals surface area contributed by atoms with Gasteiger partial charge in [-0.05, 0) is 49.4 Å². The van der Waals surface area contributed by atoms with Gasteiger partial charge in [-0.3, -0.25) is 4.79 Å². The number of halogens is 1. The SMILES string of the molecule is CCCSc1ncc(Cl)c(C(=O)Nc2ccc(S(=O)(=O)N3CCCC(C)C3)cc2)n1. The van der Waals surface area contributed by atoms with Gasteiger partial charge in [-0.1, -0.05) is 37.2 Å². The van der Waals surface area contributed by atoms with Crippen LogP contribution in [0, 0.1) is 5.92 Å². The summed E-state index contributed by atoms with van der Waals surface area (Å²) >= 11 is 7.55. The van der Waals surface area contributed by atoms with Crippen molar-refractivity contribution in [2.45, 2.75) is 43.2 Å². The zero-order valence-corrected chi connectivity index (χ0v) is 19.4. The number of rotatable bonds is 7. The van der Waals surface area contributed by atoms with Crippen molar-refractivity contribution < 1.29 is 13.2 Å². The summed E-state index contributed by atoms with van der Waals surface area (Å²) in [4.78, 5) is 21.2. The summed E-state index contributed by atoms with van der Waals surface area (Å²) in [5.41, 5.74) is 0.549. The zero-order valence-electron chi connectivity index (χ0n) is 17.0. The number of sulfonamides is 1. The Kier molecular flexibility index (Phi) is 7.73. The van der Waals surface area contributed by atoms with Gasteiger partial charge in [-0.15, -0.1) is 0 Å². The van der Waals surface area contributed by atoms with Crippen molar-refractivity contribution in [2.24, 2.45) is 5.92 Å². The third-order valence-electron chi connectivity index (χ3n) is 4.74. The second-order valence-electron chi connectivity index (χ2n) is 7.29. The van der Waals surface area contributed by atoms with Crippen LogP contribution in [0.2, 0.25) is 5.02 Å². The lowest BCUT2D eigenvalue weighted by Gasteiger charge is -2.30. The van der Waals surface area contributed by atoms with E-state index >= 15 is 0 Å². The molecule has 30 heavy (non-hydrogen) atoms. The van der Waals surface area contributed by atoms with Crippen LogP contribution >= 0.6 is 23.4 Å². The molecule has 7 nitrogen and oxygen atoms in total. The molecule has 0 radical (unpaired) electrons. The predicted octanol–water partition coefficient (Wildman–Crippen LogP) is 4.31. The molecule has 1 amide bonds. The van der Waals surface area contributed by atoms with Gasteiger partial charge in [0, 0.05) is 24.5 Å². The molecule has 1 aliphatic rings. The van der Waals surface area contributed by atoms with E-state index in [0.29, 0.717) is 29.9 Å². The van der Waals surface area contributed by atoms with Gasteiger partial charge in [0.25, 0.3) is 5.91 Å². The average molecular weight is 469 g/mol. The van der Waals surface area contributed by atoms with Gasteiger partial charge in [0.1, 0.15) is 0 Å². The molecule has 1 saturated heterocycles. The molecular formula is C20H25ClN4O3S2. The third-order valence-corrected chi connectivity index (χ3v) is 7.97. The van der Waals surface area contributed by atoms with Gasteiger partial charge < -0.3 is 5.32 Å². The smallest absolute Gasteiger partial charge is 0.275 e. The van der Waals surface area contributed by atoms with E-state index < -0.39 is 15.9 Å². The lowest BCUT2D eigenvalue weighted by atomic mass is 10.0. The van der Waals surface area contributed by atoms with E-state index in [1.807, 2.05) is 6.92 Å². The Morgan fingerprint density at radius 2 is 2.07 bits per heavy atom. The first-order chi connectivity index (χ1) is 14.3. The van der Waals surface area contributed by atoms with E-state index in [-0.39, 0.29) is 15.6 Å². The number of nitrogens with one attached hydrogen (secondary N) is 1. The van der Waals surface area contributed by atoms with Crippen LogP contribution in [0.25, 0.3) is 0 Å². The van der Waals surface area contributed by atoms with Crippen molar-refractivity contribution >= 4 is 45.0 Å². The molecule has 1 aromatic carbocycles. The minimum absolute atomic E-state index is 0.0873. The number of carbonyl (C=O) groups is 1. The average Bonchev–Trinajstić information content (AvgIpc) is 2.73. The Bertz CT molecular complexity index is 1000. The quantitative estimate of drug-likeness (QED) is 0.481. The summed E-state index contributed by atoms with van der Waals surface area (Å²) in [5, 5.41) is 3.36. The highest BCUT2D eigenvalue weighted by Crippen LogP contribution is 2.25. The van der Waals surface area contributed by atoms with E-state index in [1.54, 1.807) is 12.1 Å². The number of aromatic nitrogens is 2. The van der Waals surface area contributed by atoms with Crippen molar-refractivity contribution in [3.8, 4) is 0 Å². The molecule has 1 N–H and O–H groups in total. The standard InChI is InChI=1S/C20H25ClN4O3S2/c1-3-11-29-20-22-12-17(21)18(24-20)19(26)23-15-6-8-16(9-7-15)30(27,28)25-10-4-5-14(2)13-25/h6-9,12,14H,3-5,10-11,13H2,1-2H3,(H,23,26). The molecule has 162 valence electrons. The number of benzene rings is 1. The molecule has 10 heteroatoms. The van der Waals surface area contributed by atoms with Crippen molar-refractivity contribution in [3.63, 3.8) is 0 Å². The molecule has 1 aromatic heterocycles.